The molecule has 10 heteroatoms. The smallest absolute Gasteiger partial charge is 0.266 e. The van der Waals surface area contributed by atoms with Crippen LogP contribution in [-0.4, -0.2) is 25.5 Å². The SMILES string of the molecule is COc1ccc(NC(=O)/C(C#N)=C/c2cc(Cl)c(OCC(=O)Nc3ccc(Cl)cc3)c(Cl)c2)cc1. The van der Waals surface area contributed by atoms with E-state index in [1.54, 1.807) is 48.5 Å². The average molecular weight is 531 g/mol. The third kappa shape index (κ3) is 7.39. The molecule has 3 rings (SSSR count). The van der Waals surface area contributed by atoms with Gasteiger partial charge in [-0.1, -0.05) is 34.8 Å². The van der Waals surface area contributed by atoms with Crippen molar-refractivity contribution in [3.63, 3.8) is 0 Å². The lowest BCUT2D eigenvalue weighted by molar-refractivity contribution is -0.118. The molecule has 0 aliphatic heterocycles. The molecular formula is C25H18Cl3N3O4. The highest BCUT2D eigenvalue weighted by molar-refractivity contribution is 6.37. The predicted octanol–water partition coefficient (Wildman–Crippen LogP) is 6.22. The maximum Gasteiger partial charge on any atom is 0.266 e. The molecule has 3 aromatic rings. The van der Waals surface area contributed by atoms with Gasteiger partial charge in [-0.05, 0) is 72.3 Å². The third-order valence-corrected chi connectivity index (χ3v) is 5.33. The molecule has 0 aliphatic carbocycles. The summed E-state index contributed by atoms with van der Waals surface area (Å²) in [6, 6.07) is 18.0. The predicted molar refractivity (Wildman–Crippen MR) is 137 cm³/mol. The third-order valence-electron chi connectivity index (χ3n) is 4.52. The Morgan fingerprint density at radius 2 is 1.51 bits per heavy atom. The molecule has 2 N–H and O–H groups in total. The summed E-state index contributed by atoms with van der Waals surface area (Å²) in [6.07, 6.45) is 1.34. The number of benzene rings is 3. The Hall–Kier alpha value is -3.70. The summed E-state index contributed by atoms with van der Waals surface area (Å²) in [6.45, 7) is -0.342. The molecule has 0 aromatic heterocycles. The largest absolute Gasteiger partial charge is 0.497 e. The number of nitriles is 1. The van der Waals surface area contributed by atoms with Crippen LogP contribution in [0.15, 0.2) is 66.2 Å². The molecule has 3 aromatic carbocycles. The van der Waals surface area contributed by atoms with Gasteiger partial charge in [-0.15, -0.1) is 0 Å². The summed E-state index contributed by atoms with van der Waals surface area (Å²) in [7, 11) is 1.53. The first-order valence-corrected chi connectivity index (χ1v) is 11.2. The highest BCUT2D eigenvalue weighted by Crippen LogP contribution is 2.35. The Bertz CT molecular complexity index is 1280. The van der Waals surface area contributed by atoms with Crippen molar-refractivity contribution in [3.8, 4) is 17.6 Å². The summed E-state index contributed by atoms with van der Waals surface area (Å²) >= 11 is 18.4. The Kier molecular flexibility index (Phi) is 8.98. The number of rotatable bonds is 8. The Balaban J connectivity index is 1.67. The second-order valence-electron chi connectivity index (χ2n) is 7.01. The molecule has 0 aliphatic rings. The molecule has 0 radical (unpaired) electrons. The van der Waals surface area contributed by atoms with E-state index in [1.165, 1.54) is 25.3 Å². The minimum atomic E-state index is -0.607. The Morgan fingerprint density at radius 1 is 0.943 bits per heavy atom. The lowest BCUT2D eigenvalue weighted by Gasteiger charge is -2.11. The van der Waals surface area contributed by atoms with Crippen LogP contribution in [0.1, 0.15) is 5.56 Å². The van der Waals surface area contributed by atoms with Crippen LogP contribution in [-0.2, 0) is 9.59 Å². The van der Waals surface area contributed by atoms with Crippen molar-refractivity contribution in [1.82, 2.24) is 0 Å². The maximum absolute atomic E-state index is 12.5. The van der Waals surface area contributed by atoms with Crippen molar-refractivity contribution in [2.45, 2.75) is 0 Å². The number of carbonyl (C=O) groups is 2. The molecule has 2 amide bonds. The van der Waals surface area contributed by atoms with Gasteiger partial charge in [0, 0.05) is 16.4 Å². The fourth-order valence-electron chi connectivity index (χ4n) is 2.86. The Morgan fingerprint density at radius 3 is 2.09 bits per heavy atom. The van der Waals surface area contributed by atoms with Gasteiger partial charge in [0.2, 0.25) is 0 Å². The van der Waals surface area contributed by atoms with Crippen LogP contribution in [0.3, 0.4) is 0 Å². The van der Waals surface area contributed by atoms with Crippen LogP contribution >= 0.6 is 34.8 Å². The second kappa shape index (κ2) is 12.1. The van der Waals surface area contributed by atoms with Gasteiger partial charge in [0.1, 0.15) is 17.4 Å². The highest BCUT2D eigenvalue weighted by Gasteiger charge is 2.14. The van der Waals surface area contributed by atoms with Gasteiger partial charge in [-0.25, -0.2) is 0 Å². The van der Waals surface area contributed by atoms with E-state index in [2.05, 4.69) is 10.6 Å². The first-order chi connectivity index (χ1) is 16.8. The van der Waals surface area contributed by atoms with Crippen LogP contribution in [0.2, 0.25) is 15.1 Å². The zero-order valence-corrected chi connectivity index (χ0v) is 20.5. The van der Waals surface area contributed by atoms with Crippen LogP contribution < -0.4 is 20.1 Å². The van der Waals surface area contributed by atoms with E-state index in [0.29, 0.717) is 27.7 Å². The number of anilines is 2. The molecule has 0 bridgehead atoms. The van der Waals surface area contributed by atoms with Crippen molar-refractivity contribution in [1.29, 1.82) is 5.26 Å². The fourth-order valence-corrected chi connectivity index (χ4v) is 3.60. The van der Waals surface area contributed by atoms with E-state index in [-0.39, 0.29) is 28.0 Å². The van der Waals surface area contributed by atoms with Crippen LogP contribution in [0.4, 0.5) is 11.4 Å². The summed E-state index contributed by atoms with van der Waals surface area (Å²) < 4.78 is 10.6. The first-order valence-electron chi connectivity index (χ1n) is 10.0. The van der Waals surface area contributed by atoms with Crippen molar-refractivity contribution >= 4 is 64.1 Å². The van der Waals surface area contributed by atoms with Crippen LogP contribution in [0.25, 0.3) is 6.08 Å². The molecule has 35 heavy (non-hydrogen) atoms. The van der Waals surface area contributed by atoms with Crippen molar-refractivity contribution in [2.75, 3.05) is 24.4 Å². The number of nitrogens with zero attached hydrogens (tertiary/aromatic N) is 1. The number of nitrogens with one attached hydrogen (secondary N) is 2. The van der Waals surface area contributed by atoms with E-state index in [9.17, 15) is 14.9 Å². The summed E-state index contributed by atoms with van der Waals surface area (Å²) in [5.74, 6) is -0.305. The minimum Gasteiger partial charge on any atom is -0.497 e. The van der Waals surface area contributed by atoms with Gasteiger partial charge in [0.15, 0.2) is 12.4 Å². The molecule has 178 valence electrons. The van der Waals surface area contributed by atoms with Gasteiger partial charge in [0.05, 0.1) is 17.2 Å². The van der Waals surface area contributed by atoms with Gasteiger partial charge in [0.25, 0.3) is 11.8 Å². The number of methoxy groups -OCH3 is 1. The summed E-state index contributed by atoms with van der Waals surface area (Å²) in [5.41, 5.74) is 1.29. The van der Waals surface area contributed by atoms with E-state index in [0.717, 1.165) is 0 Å². The number of amides is 2. The van der Waals surface area contributed by atoms with Crippen LogP contribution in [0.5, 0.6) is 11.5 Å². The minimum absolute atomic E-state index is 0.0953. The molecular weight excluding hydrogens is 513 g/mol. The van der Waals surface area contributed by atoms with Gasteiger partial charge < -0.3 is 20.1 Å². The van der Waals surface area contributed by atoms with Crippen molar-refractivity contribution in [3.05, 3.63) is 86.9 Å². The van der Waals surface area contributed by atoms with Gasteiger partial charge in [-0.3, -0.25) is 9.59 Å². The first kappa shape index (κ1) is 25.9. The number of ether oxygens (including phenoxy) is 2. The summed E-state index contributed by atoms with van der Waals surface area (Å²) in [5, 5.41) is 15.5. The normalized spacial score (nSPS) is 10.8. The molecule has 0 saturated carbocycles. The van der Waals surface area contributed by atoms with E-state index < -0.39 is 11.8 Å². The quantitative estimate of drug-likeness (QED) is 0.266. The molecule has 0 heterocycles. The van der Waals surface area contributed by atoms with E-state index in [4.69, 9.17) is 44.3 Å². The standard InChI is InChI=1S/C25H18Cl3N3O4/c1-34-20-8-6-19(7-9-20)31-25(33)16(13-29)10-15-11-21(27)24(22(28)12-15)35-14-23(32)30-18-4-2-17(26)3-5-18/h2-12H,14H2,1H3,(H,30,32)(H,31,33)/b16-10+. The number of carbonyl (C=O) groups excluding carboxylic acids is 2. The van der Waals surface area contributed by atoms with Gasteiger partial charge in [-0.2, -0.15) is 5.26 Å². The highest BCUT2D eigenvalue weighted by atomic mass is 35.5. The maximum atomic E-state index is 12.5. The molecule has 0 spiro atoms. The van der Waals surface area contributed by atoms with Crippen molar-refractivity contribution in [2.24, 2.45) is 0 Å². The van der Waals surface area contributed by atoms with Gasteiger partial charge >= 0.3 is 0 Å². The molecule has 0 atom stereocenters. The van der Waals surface area contributed by atoms with E-state index in [1.807, 2.05) is 6.07 Å². The average Bonchev–Trinajstić information content (AvgIpc) is 2.84. The lowest BCUT2D eigenvalue weighted by Crippen LogP contribution is -2.20. The molecule has 0 unspecified atom stereocenters. The van der Waals surface area contributed by atoms with E-state index >= 15 is 0 Å². The fraction of sp³-hybridized carbons (Fsp3) is 0.0800. The number of hydrogen-bond donors (Lipinski definition) is 2. The molecule has 0 saturated heterocycles. The monoisotopic (exact) mass is 529 g/mol. The van der Waals surface area contributed by atoms with Crippen molar-refractivity contribution < 1.29 is 19.1 Å². The van der Waals surface area contributed by atoms with Crippen LogP contribution in [0, 0.1) is 11.3 Å². The molecule has 0 fully saturated rings. The zero-order valence-electron chi connectivity index (χ0n) is 18.3. The Labute approximate surface area is 216 Å². The number of halogens is 3. The number of hydrogen-bond acceptors (Lipinski definition) is 5. The lowest BCUT2D eigenvalue weighted by atomic mass is 10.1. The zero-order chi connectivity index (χ0) is 25.4. The second-order valence-corrected chi connectivity index (χ2v) is 8.26. The summed E-state index contributed by atoms with van der Waals surface area (Å²) in [4.78, 5) is 24.7. The topological polar surface area (TPSA) is 100 Å². The molecule has 7 nitrogen and oxygen atoms in total.